The molecule has 0 fully saturated rings. The van der Waals surface area contributed by atoms with Gasteiger partial charge < -0.3 is 25.2 Å². The van der Waals surface area contributed by atoms with Crippen molar-refractivity contribution in [1.29, 1.82) is 0 Å². The summed E-state index contributed by atoms with van der Waals surface area (Å²) in [6.45, 7) is 1.17. The van der Waals surface area contributed by atoms with E-state index in [0.717, 1.165) is 11.1 Å². The van der Waals surface area contributed by atoms with Crippen LogP contribution in [-0.2, 0) is 13.0 Å². The predicted molar refractivity (Wildman–Crippen MR) is 113 cm³/mol. The second-order valence-corrected chi connectivity index (χ2v) is 7.33. The molecule has 1 unspecified atom stereocenters. The van der Waals surface area contributed by atoms with Crippen LogP contribution in [0.25, 0.3) is 11.0 Å². The first-order chi connectivity index (χ1) is 14.8. The molecule has 0 saturated heterocycles. The van der Waals surface area contributed by atoms with Crippen LogP contribution in [0, 0.1) is 5.82 Å². The van der Waals surface area contributed by atoms with Gasteiger partial charge in [-0.2, -0.15) is 0 Å². The Morgan fingerprint density at radius 2 is 1.94 bits per heavy atom. The van der Waals surface area contributed by atoms with Gasteiger partial charge in [-0.25, -0.2) is 4.39 Å². The minimum absolute atomic E-state index is 0.0715. The number of aromatic nitrogens is 2. The molecule has 0 aliphatic rings. The number of aliphatic hydroxyl groups excluding tert-OH is 2. The quantitative estimate of drug-likeness (QED) is 0.428. The van der Waals surface area contributed by atoms with Crippen molar-refractivity contribution in [1.82, 2.24) is 14.9 Å². The Hall–Kier alpha value is -3.30. The van der Waals surface area contributed by atoms with Crippen LogP contribution in [0.15, 0.2) is 41.3 Å². The molecular weight excluding hydrogens is 405 g/mol. The summed E-state index contributed by atoms with van der Waals surface area (Å²) < 4.78 is 14.5. The number of carbonyl (C=O) groups is 1. The van der Waals surface area contributed by atoms with Gasteiger partial charge in [-0.1, -0.05) is 12.1 Å². The summed E-state index contributed by atoms with van der Waals surface area (Å²) in [7, 11) is 0. The molecule has 0 saturated carbocycles. The van der Waals surface area contributed by atoms with E-state index in [1.54, 1.807) is 25.1 Å². The Bertz CT molecular complexity index is 1140. The number of nitrogens with zero attached hydrogens (tertiary/aromatic N) is 2. The second kappa shape index (κ2) is 9.67. The Kier molecular flexibility index (Phi) is 6.98. The zero-order valence-electron chi connectivity index (χ0n) is 17.0. The normalized spacial score (nSPS) is 12.1. The maximum atomic E-state index is 13.2. The monoisotopic (exact) mass is 429 g/mol. The third-order valence-electron chi connectivity index (χ3n) is 4.87. The van der Waals surface area contributed by atoms with Gasteiger partial charge in [0.05, 0.1) is 12.1 Å². The van der Waals surface area contributed by atoms with Gasteiger partial charge in [-0.15, -0.1) is 0 Å². The molecule has 164 valence electrons. The molecule has 8 nitrogen and oxygen atoms in total. The molecule has 0 radical (unpaired) electrons. The summed E-state index contributed by atoms with van der Waals surface area (Å²) in [5.74, 6) is -1.71. The molecular formula is C22H24FN3O5. The number of rotatable bonds is 8. The standard InChI is InChI=1S/C22H24FN3O5/c1-13(12-28)25-21(30)18-20(29)19-17(26(22(18)31)7-2-8-27)10-15(11-24-19)9-14-3-5-16(23)6-4-14/h3-6,10-11,13,27-29H,2,7-9,12H2,1H3,(H,25,30). The lowest BCUT2D eigenvalue weighted by atomic mass is 10.0. The Labute approximate surface area is 177 Å². The first-order valence-corrected chi connectivity index (χ1v) is 9.87. The number of fused-ring (bicyclic) bond motifs is 1. The highest BCUT2D eigenvalue weighted by molar-refractivity contribution is 6.01. The number of amides is 1. The van der Waals surface area contributed by atoms with Crippen molar-refractivity contribution in [2.75, 3.05) is 13.2 Å². The number of halogens is 1. The number of pyridine rings is 2. The largest absolute Gasteiger partial charge is 0.505 e. The van der Waals surface area contributed by atoms with Gasteiger partial charge in [0.15, 0.2) is 5.75 Å². The molecule has 31 heavy (non-hydrogen) atoms. The van der Waals surface area contributed by atoms with Crippen molar-refractivity contribution >= 4 is 16.9 Å². The lowest BCUT2D eigenvalue weighted by molar-refractivity contribution is 0.0917. The lowest BCUT2D eigenvalue weighted by Gasteiger charge is -2.16. The first kappa shape index (κ1) is 22.4. The number of benzene rings is 1. The Balaban J connectivity index is 2.11. The zero-order chi connectivity index (χ0) is 22.5. The van der Waals surface area contributed by atoms with Crippen LogP contribution >= 0.6 is 0 Å². The fourth-order valence-corrected chi connectivity index (χ4v) is 3.28. The van der Waals surface area contributed by atoms with Crippen molar-refractivity contribution in [3.05, 3.63) is 69.4 Å². The van der Waals surface area contributed by atoms with Gasteiger partial charge in [0.1, 0.15) is 16.9 Å². The Morgan fingerprint density at radius 1 is 1.23 bits per heavy atom. The molecule has 3 rings (SSSR count). The maximum Gasteiger partial charge on any atom is 0.267 e. The van der Waals surface area contributed by atoms with E-state index in [-0.39, 0.29) is 37.5 Å². The second-order valence-electron chi connectivity index (χ2n) is 7.33. The fourth-order valence-electron chi connectivity index (χ4n) is 3.28. The molecule has 2 heterocycles. The maximum absolute atomic E-state index is 13.2. The molecule has 0 bridgehead atoms. The van der Waals surface area contributed by atoms with Crippen molar-refractivity contribution in [2.24, 2.45) is 0 Å². The molecule has 2 aromatic heterocycles. The van der Waals surface area contributed by atoms with Crippen LogP contribution in [0.3, 0.4) is 0 Å². The van der Waals surface area contributed by atoms with Crippen molar-refractivity contribution < 1.29 is 24.5 Å². The lowest BCUT2D eigenvalue weighted by Crippen LogP contribution is -2.39. The number of aliphatic hydroxyl groups is 2. The number of carbonyl (C=O) groups excluding carboxylic acids is 1. The van der Waals surface area contributed by atoms with Gasteiger partial charge >= 0.3 is 0 Å². The molecule has 0 spiro atoms. The summed E-state index contributed by atoms with van der Waals surface area (Å²) in [6, 6.07) is 7.06. The number of hydrogen-bond donors (Lipinski definition) is 4. The molecule has 1 aromatic carbocycles. The first-order valence-electron chi connectivity index (χ1n) is 9.87. The van der Waals surface area contributed by atoms with Gasteiger partial charge in [-0.05, 0) is 49.1 Å². The van der Waals surface area contributed by atoms with Gasteiger partial charge in [-0.3, -0.25) is 14.6 Å². The van der Waals surface area contributed by atoms with E-state index in [4.69, 9.17) is 5.11 Å². The number of aryl methyl sites for hydroxylation is 1. The molecule has 1 amide bonds. The van der Waals surface area contributed by atoms with Gasteiger partial charge in [0.2, 0.25) is 0 Å². The number of hydrogen-bond acceptors (Lipinski definition) is 6. The molecule has 9 heteroatoms. The average Bonchev–Trinajstić information content (AvgIpc) is 2.75. The third kappa shape index (κ3) is 4.89. The van der Waals surface area contributed by atoms with Crippen LogP contribution in [0.2, 0.25) is 0 Å². The minimum atomic E-state index is -0.819. The van der Waals surface area contributed by atoms with Gasteiger partial charge in [0.25, 0.3) is 11.5 Å². The summed E-state index contributed by atoms with van der Waals surface area (Å²) in [5, 5.41) is 31.5. The molecule has 0 aliphatic carbocycles. The van der Waals surface area contributed by atoms with E-state index in [0.29, 0.717) is 11.9 Å². The zero-order valence-corrected chi connectivity index (χ0v) is 17.0. The number of aromatic hydroxyl groups is 1. The third-order valence-corrected chi connectivity index (χ3v) is 4.87. The van der Waals surface area contributed by atoms with E-state index in [1.165, 1.54) is 22.9 Å². The van der Waals surface area contributed by atoms with Crippen molar-refractivity contribution in [3.8, 4) is 5.75 Å². The summed E-state index contributed by atoms with van der Waals surface area (Å²) in [5.41, 5.74) is 0.766. The molecule has 1 atom stereocenters. The molecule has 3 aromatic rings. The number of nitrogens with one attached hydrogen (secondary N) is 1. The van der Waals surface area contributed by atoms with Crippen LogP contribution < -0.4 is 10.9 Å². The highest BCUT2D eigenvalue weighted by atomic mass is 19.1. The minimum Gasteiger partial charge on any atom is -0.505 e. The molecule has 4 N–H and O–H groups in total. The average molecular weight is 429 g/mol. The van der Waals surface area contributed by atoms with Crippen LogP contribution in [0.4, 0.5) is 4.39 Å². The predicted octanol–water partition coefficient (Wildman–Crippen LogP) is 1.33. The Morgan fingerprint density at radius 3 is 2.58 bits per heavy atom. The summed E-state index contributed by atoms with van der Waals surface area (Å²) in [4.78, 5) is 29.9. The highest BCUT2D eigenvalue weighted by Crippen LogP contribution is 2.26. The smallest absolute Gasteiger partial charge is 0.267 e. The SMILES string of the molecule is CC(CO)NC(=O)c1c(O)c2ncc(Cc3ccc(F)cc3)cc2n(CCCO)c1=O. The van der Waals surface area contributed by atoms with Crippen LogP contribution in [-0.4, -0.2) is 50.0 Å². The highest BCUT2D eigenvalue weighted by Gasteiger charge is 2.24. The van der Waals surface area contributed by atoms with Gasteiger partial charge in [0, 0.05) is 25.4 Å². The van der Waals surface area contributed by atoms with Crippen molar-refractivity contribution in [2.45, 2.75) is 32.4 Å². The van der Waals surface area contributed by atoms with Crippen LogP contribution in [0.1, 0.15) is 34.8 Å². The van der Waals surface area contributed by atoms with Crippen molar-refractivity contribution in [3.63, 3.8) is 0 Å². The van der Waals surface area contributed by atoms with E-state index in [2.05, 4.69) is 10.3 Å². The fraction of sp³-hybridized carbons (Fsp3) is 0.318. The summed E-state index contributed by atoms with van der Waals surface area (Å²) >= 11 is 0. The van der Waals surface area contributed by atoms with E-state index < -0.39 is 28.8 Å². The van der Waals surface area contributed by atoms with E-state index >= 15 is 0 Å². The van der Waals surface area contributed by atoms with E-state index in [9.17, 15) is 24.2 Å². The summed E-state index contributed by atoms with van der Waals surface area (Å²) in [6.07, 6.45) is 2.20. The topological polar surface area (TPSA) is 125 Å². The molecule has 0 aliphatic heterocycles. The van der Waals surface area contributed by atoms with E-state index in [1.807, 2.05) is 0 Å². The van der Waals surface area contributed by atoms with Crippen LogP contribution in [0.5, 0.6) is 5.75 Å².